The first-order valence-corrected chi connectivity index (χ1v) is 7.17. The highest BCUT2D eigenvalue weighted by atomic mass is 16.3. The number of aliphatic hydroxyl groups is 1. The van der Waals surface area contributed by atoms with Crippen molar-refractivity contribution in [1.29, 1.82) is 0 Å². The number of carbonyl (C=O) groups excluding carboxylic acids is 1. The van der Waals surface area contributed by atoms with Gasteiger partial charge in [0.25, 0.3) is 0 Å². The molecule has 1 saturated carbocycles. The molecule has 1 aliphatic carbocycles. The average Bonchev–Trinajstić information content (AvgIpc) is 3.13. The van der Waals surface area contributed by atoms with E-state index in [1.54, 1.807) is 12.4 Å². The van der Waals surface area contributed by atoms with Crippen molar-refractivity contribution in [1.82, 2.24) is 19.6 Å². The van der Waals surface area contributed by atoms with Gasteiger partial charge in [0.2, 0.25) is 5.91 Å². The second-order valence-electron chi connectivity index (χ2n) is 5.50. The third kappa shape index (κ3) is 2.25. The third-order valence-electron chi connectivity index (χ3n) is 3.83. The summed E-state index contributed by atoms with van der Waals surface area (Å²) in [5, 5.41) is 19.0. The summed E-state index contributed by atoms with van der Waals surface area (Å²) in [4.78, 5) is 16.2. The van der Waals surface area contributed by atoms with Crippen molar-refractivity contribution in [3.8, 4) is 11.3 Å². The molecule has 0 spiro atoms. The van der Waals surface area contributed by atoms with Crippen molar-refractivity contribution in [2.45, 2.75) is 19.4 Å². The number of hydrogen-bond acceptors (Lipinski definition) is 4. The van der Waals surface area contributed by atoms with Crippen molar-refractivity contribution in [2.24, 2.45) is 5.92 Å². The molecule has 3 N–H and O–H groups in total. The number of nitrogens with one attached hydrogen (secondary N) is 2. The maximum absolute atomic E-state index is 11.8. The zero-order valence-corrected chi connectivity index (χ0v) is 11.8. The van der Waals surface area contributed by atoms with Gasteiger partial charge in [0, 0.05) is 23.2 Å². The standard InChI is InChI=1S/C15H15N5O2/c21-8-11-5-16-19-14(11)10-3-4-13-17-12(7-20(13)6-10)18-15(22)9-1-2-9/h3-7,9,21H,1-2,8H2,(H,16,19)(H,18,22). The lowest BCUT2D eigenvalue weighted by Gasteiger charge is -2.01. The molecule has 112 valence electrons. The molecule has 1 fully saturated rings. The number of anilines is 1. The number of aliphatic hydroxyl groups excluding tert-OH is 1. The Bertz CT molecular complexity index is 847. The fourth-order valence-electron chi connectivity index (χ4n) is 2.45. The van der Waals surface area contributed by atoms with Gasteiger partial charge < -0.3 is 14.8 Å². The number of hydrogen-bond donors (Lipinski definition) is 3. The number of H-pyrrole nitrogens is 1. The van der Waals surface area contributed by atoms with Gasteiger partial charge >= 0.3 is 0 Å². The van der Waals surface area contributed by atoms with Gasteiger partial charge in [-0.3, -0.25) is 9.89 Å². The van der Waals surface area contributed by atoms with Gasteiger partial charge in [-0.1, -0.05) is 0 Å². The Balaban J connectivity index is 1.67. The molecule has 3 heterocycles. The Kier molecular flexibility index (Phi) is 2.93. The van der Waals surface area contributed by atoms with Crippen LogP contribution in [0.3, 0.4) is 0 Å². The van der Waals surface area contributed by atoms with E-state index in [4.69, 9.17) is 0 Å². The van der Waals surface area contributed by atoms with Crippen LogP contribution < -0.4 is 5.32 Å². The molecule has 3 aromatic heterocycles. The lowest BCUT2D eigenvalue weighted by Crippen LogP contribution is -2.13. The molecular formula is C15H15N5O2. The van der Waals surface area contributed by atoms with Crippen LogP contribution in [-0.4, -0.2) is 30.6 Å². The van der Waals surface area contributed by atoms with E-state index in [0.29, 0.717) is 5.82 Å². The zero-order valence-electron chi connectivity index (χ0n) is 11.8. The third-order valence-corrected chi connectivity index (χ3v) is 3.83. The van der Waals surface area contributed by atoms with Crippen molar-refractivity contribution in [3.63, 3.8) is 0 Å². The number of aromatic nitrogens is 4. The summed E-state index contributed by atoms with van der Waals surface area (Å²) < 4.78 is 1.85. The summed E-state index contributed by atoms with van der Waals surface area (Å²) in [5.74, 6) is 0.748. The molecule has 0 atom stereocenters. The summed E-state index contributed by atoms with van der Waals surface area (Å²) in [7, 11) is 0. The molecule has 0 saturated heterocycles. The monoisotopic (exact) mass is 297 g/mol. The van der Waals surface area contributed by atoms with Gasteiger partial charge in [0.1, 0.15) is 5.65 Å². The van der Waals surface area contributed by atoms with Gasteiger partial charge in [-0.25, -0.2) is 4.98 Å². The van der Waals surface area contributed by atoms with Crippen molar-refractivity contribution < 1.29 is 9.90 Å². The normalized spacial score (nSPS) is 14.4. The summed E-state index contributed by atoms with van der Waals surface area (Å²) in [5.41, 5.74) is 3.16. The molecule has 0 aliphatic heterocycles. The predicted molar refractivity (Wildman–Crippen MR) is 80.1 cm³/mol. The Labute approximate surface area is 126 Å². The first kappa shape index (κ1) is 13.0. The van der Waals surface area contributed by atoms with E-state index >= 15 is 0 Å². The van der Waals surface area contributed by atoms with Gasteiger partial charge in [-0.2, -0.15) is 5.10 Å². The van der Waals surface area contributed by atoms with E-state index in [2.05, 4.69) is 20.5 Å². The fraction of sp³-hybridized carbons (Fsp3) is 0.267. The van der Waals surface area contributed by atoms with E-state index in [1.807, 2.05) is 22.7 Å². The molecular weight excluding hydrogens is 282 g/mol. The highest BCUT2D eigenvalue weighted by Crippen LogP contribution is 2.30. The number of aromatic amines is 1. The van der Waals surface area contributed by atoms with Crippen LogP contribution in [0.4, 0.5) is 5.82 Å². The Morgan fingerprint density at radius 1 is 1.41 bits per heavy atom. The summed E-state index contributed by atoms with van der Waals surface area (Å²) >= 11 is 0. The van der Waals surface area contributed by atoms with Gasteiger partial charge in [-0.05, 0) is 25.0 Å². The van der Waals surface area contributed by atoms with Crippen molar-refractivity contribution >= 4 is 17.4 Å². The lowest BCUT2D eigenvalue weighted by atomic mass is 10.1. The number of amides is 1. The Morgan fingerprint density at radius 2 is 2.27 bits per heavy atom. The minimum atomic E-state index is -0.0729. The van der Waals surface area contributed by atoms with Crippen LogP contribution in [0.25, 0.3) is 16.9 Å². The SMILES string of the molecule is O=C(Nc1cn2cc(-c3[nH]ncc3CO)ccc2n1)C1CC1. The van der Waals surface area contributed by atoms with Crippen LogP contribution in [0.15, 0.2) is 30.7 Å². The predicted octanol–water partition coefficient (Wildman–Crippen LogP) is 1.57. The maximum Gasteiger partial charge on any atom is 0.228 e. The number of pyridine rings is 1. The zero-order chi connectivity index (χ0) is 15.1. The maximum atomic E-state index is 11.8. The van der Waals surface area contributed by atoms with E-state index in [0.717, 1.165) is 35.3 Å². The summed E-state index contributed by atoms with van der Waals surface area (Å²) in [6, 6.07) is 3.77. The van der Waals surface area contributed by atoms with Crippen LogP contribution in [0.2, 0.25) is 0 Å². The van der Waals surface area contributed by atoms with E-state index in [-0.39, 0.29) is 18.4 Å². The van der Waals surface area contributed by atoms with Gasteiger partial charge in [0.05, 0.1) is 24.7 Å². The van der Waals surface area contributed by atoms with Crippen molar-refractivity contribution in [2.75, 3.05) is 5.32 Å². The minimum absolute atomic E-state index is 0.0414. The molecule has 0 radical (unpaired) electrons. The van der Waals surface area contributed by atoms with Crippen molar-refractivity contribution in [3.05, 3.63) is 36.3 Å². The van der Waals surface area contributed by atoms with Crippen LogP contribution in [-0.2, 0) is 11.4 Å². The largest absolute Gasteiger partial charge is 0.392 e. The average molecular weight is 297 g/mol. The fourth-order valence-corrected chi connectivity index (χ4v) is 2.45. The number of nitrogens with zero attached hydrogens (tertiary/aromatic N) is 3. The molecule has 0 unspecified atom stereocenters. The smallest absolute Gasteiger partial charge is 0.228 e. The first-order valence-electron chi connectivity index (χ1n) is 7.17. The summed E-state index contributed by atoms with van der Waals surface area (Å²) in [6.07, 6.45) is 7.21. The van der Waals surface area contributed by atoms with Gasteiger partial charge in [0.15, 0.2) is 5.82 Å². The number of fused-ring (bicyclic) bond motifs is 1. The molecule has 0 aromatic carbocycles. The Morgan fingerprint density at radius 3 is 3.05 bits per heavy atom. The quantitative estimate of drug-likeness (QED) is 0.681. The molecule has 0 bridgehead atoms. The lowest BCUT2D eigenvalue weighted by molar-refractivity contribution is -0.117. The molecule has 7 heteroatoms. The number of rotatable bonds is 4. The van der Waals surface area contributed by atoms with Crippen LogP contribution in [0.5, 0.6) is 0 Å². The van der Waals surface area contributed by atoms with Crippen LogP contribution in [0, 0.1) is 5.92 Å². The van der Waals surface area contributed by atoms with Crippen LogP contribution >= 0.6 is 0 Å². The highest BCUT2D eigenvalue weighted by Gasteiger charge is 2.29. The molecule has 7 nitrogen and oxygen atoms in total. The molecule has 1 amide bonds. The topological polar surface area (TPSA) is 95.3 Å². The van der Waals surface area contributed by atoms with E-state index in [1.165, 1.54) is 0 Å². The van der Waals surface area contributed by atoms with E-state index in [9.17, 15) is 9.90 Å². The second kappa shape index (κ2) is 4.96. The second-order valence-corrected chi connectivity index (χ2v) is 5.50. The van der Waals surface area contributed by atoms with Gasteiger partial charge in [-0.15, -0.1) is 0 Å². The van der Waals surface area contributed by atoms with E-state index < -0.39 is 0 Å². The highest BCUT2D eigenvalue weighted by molar-refractivity contribution is 5.93. The molecule has 4 rings (SSSR count). The first-order chi connectivity index (χ1) is 10.7. The number of carbonyl (C=O) groups is 1. The number of imidazole rings is 1. The Hall–Kier alpha value is -2.67. The molecule has 1 aliphatic rings. The molecule has 3 aromatic rings. The molecule has 22 heavy (non-hydrogen) atoms. The minimum Gasteiger partial charge on any atom is -0.392 e. The summed E-state index contributed by atoms with van der Waals surface area (Å²) in [6.45, 7) is -0.0729. The van der Waals surface area contributed by atoms with Crippen LogP contribution in [0.1, 0.15) is 18.4 Å².